The average Bonchev–Trinajstić information content (AvgIpc) is 3.33. The highest BCUT2D eigenvalue weighted by atomic mass is 16.3. The minimum Gasteiger partial charge on any atom is -0.461 e. The first-order valence-corrected chi connectivity index (χ1v) is 8.87. The van der Waals surface area contributed by atoms with Gasteiger partial charge in [0.1, 0.15) is 0 Å². The van der Waals surface area contributed by atoms with Gasteiger partial charge >= 0.3 is 0 Å². The van der Waals surface area contributed by atoms with Crippen molar-refractivity contribution < 1.29 is 14.0 Å². The van der Waals surface area contributed by atoms with Crippen molar-refractivity contribution in [1.82, 2.24) is 4.90 Å². The molecule has 6 nitrogen and oxygen atoms in total. The fraction of sp³-hybridized carbons (Fsp3) is 0.136. The molecule has 0 saturated heterocycles. The van der Waals surface area contributed by atoms with E-state index in [9.17, 15) is 9.59 Å². The van der Waals surface area contributed by atoms with Crippen molar-refractivity contribution in [1.29, 1.82) is 0 Å². The maximum atomic E-state index is 13.2. The molecule has 1 aromatic heterocycles. The van der Waals surface area contributed by atoms with Gasteiger partial charge in [-0.3, -0.25) is 14.5 Å². The lowest BCUT2D eigenvalue weighted by molar-refractivity contribution is -0.129. The number of hydrogen-bond acceptors (Lipinski definition) is 5. The van der Waals surface area contributed by atoms with Gasteiger partial charge in [0, 0.05) is 13.5 Å². The number of furan rings is 1. The molecule has 1 unspecified atom stereocenters. The number of Topliss-reactive ketones (excluding diaryl/α,β-unsaturated/α-hetero) is 1. The predicted octanol–water partition coefficient (Wildman–Crippen LogP) is 2.74. The van der Waals surface area contributed by atoms with Crippen LogP contribution in [0.15, 0.2) is 82.4 Å². The number of aliphatic imine (C=N–C) groups is 1. The van der Waals surface area contributed by atoms with Gasteiger partial charge in [-0.25, -0.2) is 4.99 Å². The smallest absolute Gasteiger partial charge is 0.266 e. The molecule has 0 aliphatic carbocycles. The van der Waals surface area contributed by atoms with Gasteiger partial charge in [-0.2, -0.15) is 0 Å². The van der Waals surface area contributed by atoms with E-state index in [-0.39, 0.29) is 24.1 Å². The second-order valence-corrected chi connectivity index (χ2v) is 6.69. The zero-order valence-electron chi connectivity index (χ0n) is 15.3. The molecule has 0 spiro atoms. The number of nitrogens with zero attached hydrogens (tertiary/aromatic N) is 2. The second kappa shape index (κ2) is 6.81. The number of rotatable bonds is 5. The quantitative estimate of drug-likeness (QED) is 0.697. The van der Waals surface area contributed by atoms with Crippen molar-refractivity contribution in [2.75, 3.05) is 7.05 Å². The van der Waals surface area contributed by atoms with Crippen LogP contribution in [0.2, 0.25) is 0 Å². The number of hydrogen-bond donors (Lipinski definition) is 1. The molecule has 0 bridgehead atoms. The van der Waals surface area contributed by atoms with Crippen LogP contribution in [0.4, 0.5) is 0 Å². The Balaban J connectivity index is 1.79. The molecule has 2 aromatic carbocycles. The number of carbonyl (C=O) groups is 2. The molecule has 1 aliphatic heterocycles. The van der Waals surface area contributed by atoms with E-state index in [1.807, 2.05) is 54.6 Å². The van der Waals surface area contributed by atoms with Crippen LogP contribution in [0.25, 0.3) is 0 Å². The predicted molar refractivity (Wildman–Crippen MR) is 105 cm³/mol. The van der Waals surface area contributed by atoms with E-state index in [1.165, 1.54) is 11.2 Å². The van der Waals surface area contributed by atoms with Crippen LogP contribution >= 0.6 is 0 Å². The first-order valence-electron chi connectivity index (χ1n) is 8.87. The van der Waals surface area contributed by atoms with Gasteiger partial charge in [0.05, 0.1) is 6.26 Å². The standard InChI is InChI=1S/C22H19N3O3/c1-25-20(27)22(24-21(25)23,16-8-3-2-4-9-16)17-10-5-7-15(13-17)14-18(26)19-11-6-12-28-19/h2-13H,14H2,1H3,(H2,23,24). The summed E-state index contributed by atoms with van der Waals surface area (Å²) in [5.74, 6) is 0.104. The van der Waals surface area contributed by atoms with E-state index in [4.69, 9.17) is 10.2 Å². The lowest BCUT2D eigenvalue weighted by atomic mass is 9.82. The van der Waals surface area contributed by atoms with Crippen molar-refractivity contribution in [3.05, 3.63) is 95.4 Å². The summed E-state index contributed by atoms with van der Waals surface area (Å²) in [5, 5.41) is 0. The Kier molecular flexibility index (Phi) is 4.31. The lowest BCUT2D eigenvalue weighted by Crippen LogP contribution is -2.41. The Morgan fingerprint density at radius 2 is 1.82 bits per heavy atom. The van der Waals surface area contributed by atoms with Gasteiger partial charge in [0.2, 0.25) is 5.78 Å². The summed E-state index contributed by atoms with van der Waals surface area (Å²) < 4.78 is 5.18. The summed E-state index contributed by atoms with van der Waals surface area (Å²) in [6, 6.07) is 20.0. The zero-order valence-corrected chi connectivity index (χ0v) is 15.3. The highest BCUT2D eigenvalue weighted by Crippen LogP contribution is 2.39. The van der Waals surface area contributed by atoms with Gasteiger partial charge < -0.3 is 10.2 Å². The van der Waals surface area contributed by atoms with Crippen molar-refractivity contribution in [2.24, 2.45) is 10.7 Å². The fourth-order valence-corrected chi connectivity index (χ4v) is 3.48. The zero-order chi connectivity index (χ0) is 19.7. The summed E-state index contributed by atoms with van der Waals surface area (Å²) in [6.07, 6.45) is 1.63. The molecule has 0 radical (unpaired) electrons. The third-order valence-corrected chi connectivity index (χ3v) is 4.94. The van der Waals surface area contributed by atoms with Gasteiger partial charge in [-0.05, 0) is 28.8 Å². The van der Waals surface area contributed by atoms with Gasteiger partial charge in [-0.15, -0.1) is 0 Å². The molecule has 1 atom stereocenters. The molecule has 2 N–H and O–H groups in total. The van der Waals surface area contributed by atoms with E-state index in [1.54, 1.807) is 19.2 Å². The summed E-state index contributed by atoms with van der Waals surface area (Å²) in [6.45, 7) is 0. The number of carbonyl (C=O) groups excluding carboxylic acids is 2. The maximum Gasteiger partial charge on any atom is 0.266 e. The minimum absolute atomic E-state index is 0.131. The number of benzene rings is 2. The monoisotopic (exact) mass is 373 g/mol. The van der Waals surface area contributed by atoms with Crippen LogP contribution in [0.1, 0.15) is 27.2 Å². The minimum atomic E-state index is -1.26. The second-order valence-electron chi connectivity index (χ2n) is 6.69. The van der Waals surface area contributed by atoms with Crippen molar-refractivity contribution in [3.8, 4) is 0 Å². The van der Waals surface area contributed by atoms with E-state index in [0.29, 0.717) is 11.3 Å². The fourth-order valence-electron chi connectivity index (χ4n) is 3.48. The Hall–Kier alpha value is -3.67. The molecule has 1 aliphatic rings. The summed E-state index contributed by atoms with van der Waals surface area (Å²) >= 11 is 0. The van der Waals surface area contributed by atoms with Crippen molar-refractivity contribution >= 4 is 17.6 Å². The number of ketones is 1. The average molecular weight is 373 g/mol. The number of likely N-dealkylation sites (N-methyl/N-ethyl adjacent to an activating group) is 1. The molecule has 1 amide bonds. The largest absolute Gasteiger partial charge is 0.461 e. The van der Waals surface area contributed by atoms with Crippen LogP contribution in [-0.4, -0.2) is 29.6 Å². The van der Waals surface area contributed by atoms with Crippen LogP contribution < -0.4 is 5.73 Å². The summed E-state index contributed by atoms with van der Waals surface area (Å²) in [4.78, 5) is 31.5. The van der Waals surface area contributed by atoms with Crippen molar-refractivity contribution in [2.45, 2.75) is 12.0 Å². The Morgan fingerprint density at radius 3 is 2.46 bits per heavy atom. The third kappa shape index (κ3) is 2.79. The van der Waals surface area contributed by atoms with E-state index in [2.05, 4.69) is 4.99 Å². The first kappa shape index (κ1) is 17.7. The highest BCUT2D eigenvalue weighted by Gasteiger charge is 2.49. The molecule has 0 saturated carbocycles. The van der Waals surface area contributed by atoms with Gasteiger partial charge in [-0.1, -0.05) is 54.6 Å². The van der Waals surface area contributed by atoms with Crippen LogP contribution in [0.5, 0.6) is 0 Å². The maximum absolute atomic E-state index is 13.2. The van der Waals surface area contributed by atoms with E-state index < -0.39 is 5.54 Å². The molecule has 2 heterocycles. The molecular weight excluding hydrogens is 354 g/mol. The van der Waals surface area contributed by atoms with E-state index >= 15 is 0 Å². The number of nitrogens with two attached hydrogens (primary N) is 1. The Labute approximate surface area is 162 Å². The third-order valence-electron chi connectivity index (χ3n) is 4.94. The first-order chi connectivity index (χ1) is 13.5. The molecule has 28 heavy (non-hydrogen) atoms. The van der Waals surface area contributed by atoms with E-state index in [0.717, 1.165) is 11.1 Å². The molecule has 0 fully saturated rings. The Bertz CT molecular complexity index is 1060. The van der Waals surface area contributed by atoms with Gasteiger partial charge in [0.25, 0.3) is 5.91 Å². The molecule has 4 rings (SSSR count). The SMILES string of the molecule is CN1C(=O)C(c2ccccc2)(c2cccc(CC(=O)c3ccco3)c2)N=C1N. The molecule has 6 heteroatoms. The summed E-state index contributed by atoms with van der Waals surface area (Å²) in [7, 11) is 1.61. The summed E-state index contributed by atoms with van der Waals surface area (Å²) in [5.41, 5.74) is 6.89. The molecule has 3 aromatic rings. The Morgan fingerprint density at radius 1 is 1.07 bits per heavy atom. The topological polar surface area (TPSA) is 88.9 Å². The van der Waals surface area contributed by atoms with Crippen LogP contribution in [-0.2, 0) is 16.8 Å². The highest BCUT2D eigenvalue weighted by molar-refractivity contribution is 6.09. The number of amides is 1. The van der Waals surface area contributed by atoms with Gasteiger partial charge in [0.15, 0.2) is 17.3 Å². The van der Waals surface area contributed by atoms with Crippen LogP contribution in [0.3, 0.4) is 0 Å². The van der Waals surface area contributed by atoms with Crippen LogP contribution in [0, 0.1) is 0 Å². The normalized spacial score (nSPS) is 19.0. The molecule has 140 valence electrons. The lowest BCUT2D eigenvalue weighted by Gasteiger charge is -2.26. The number of guanidine groups is 1. The van der Waals surface area contributed by atoms with Crippen molar-refractivity contribution in [3.63, 3.8) is 0 Å². The molecular formula is C22H19N3O3.